The van der Waals surface area contributed by atoms with Crippen molar-refractivity contribution >= 4 is 46.7 Å². The van der Waals surface area contributed by atoms with Crippen LogP contribution >= 0.6 is 35.0 Å². The van der Waals surface area contributed by atoms with Crippen molar-refractivity contribution in [1.29, 1.82) is 0 Å². The van der Waals surface area contributed by atoms with Gasteiger partial charge in [0.15, 0.2) is 5.82 Å². The average molecular weight is 380 g/mol. The molecule has 0 aliphatic heterocycles. The summed E-state index contributed by atoms with van der Waals surface area (Å²) >= 11 is 12.8. The summed E-state index contributed by atoms with van der Waals surface area (Å²) < 4.78 is 0. The molecule has 0 unspecified atom stereocenters. The van der Waals surface area contributed by atoms with E-state index in [1.807, 2.05) is 12.1 Å². The molecule has 0 saturated carbocycles. The first-order chi connectivity index (χ1) is 11.6. The molecule has 0 radical (unpaired) electrons. The molecule has 0 aliphatic carbocycles. The summed E-state index contributed by atoms with van der Waals surface area (Å²) in [5.41, 5.74) is 0.869. The molecule has 6 nitrogen and oxygen atoms in total. The summed E-state index contributed by atoms with van der Waals surface area (Å²) in [6.45, 7) is 0. The topological polar surface area (TPSA) is 83.6 Å². The molecule has 1 amide bonds. The van der Waals surface area contributed by atoms with Crippen LogP contribution in [0.15, 0.2) is 47.8 Å². The zero-order valence-corrected chi connectivity index (χ0v) is 14.5. The second-order valence-corrected chi connectivity index (χ2v) is 6.49. The fourth-order valence-electron chi connectivity index (χ4n) is 1.81. The van der Waals surface area contributed by atoms with Crippen molar-refractivity contribution in [3.8, 4) is 11.4 Å². The molecule has 2 aromatic heterocycles. The highest BCUT2D eigenvalue weighted by molar-refractivity contribution is 7.99. The maximum atomic E-state index is 11.9. The number of carbonyl (C=O) groups is 1. The van der Waals surface area contributed by atoms with Gasteiger partial charge in [-0.1, -0.05) is 35.0 Å². The number of hydrogen-bond donors (Lipinski definition) is 2. The average Bonchev–Trinajstić information content (AvgIpc) is 3.05. The molecule has 9 heteroatoms. The number of halogens is 2. The Morgan fingerprint density at radius 1 is 1.12 bits per heavy atom. The minimum Gasteiger partial charge on any atom is -0.310 e. The van der Waals surface area contributed by atoms with Crippen LogP contribution in [0, 0.1) is 0 Å². The smallest absolute Gasteiger partial charge is 0.236 e. The molecular formula is C15H11Cl2N5OS. The number of H-pyrrole nitrogens is 1. The molecule has 3 aromatic rings. The van der Waals surface area contributed by atoms with Crippen molar-refractivity contribution in [2.45, 2.75) is 5.16 Å². The number of aromatic amines is 1. The van der Waals surface area contributed by atoms with Crippen LogP contribution in [0.5, 0.6) is 0 Å². The molecule has 3 rings (SSSR count). The van der Waals surface area contributed by atoms with E-state index in [1.54, 1.807) is 24.3 Å². The molecule has 0 aliphatic rings. The van der Waals surface area contributed by atoms with E-state index in [4.69, 9.17) is 23.2 Å². The first-order valence-corrected chi connectivity index (χ1v) is 8.57. The van der Waals surface area contributed by atoms with Crippen LogP contribution in [0.25, 0.3) is 11.4 Å². The van der Waals surface area contributed by atoms with Gasteiger partial charge in [0.2, 0.25) is 11.1 Å². The molecule has 0 bridgehead atoms. The number of rotatable bonds is 5. The van der Waals surface area contributed by atoms with Gasteiger partial charge in [-0.25, -0.2) is 9.97 Å². The summed E-state index contributed by atoms with van der Waals surface area (Å²) in [5.74, 6) is 1.03. The maximum absolute atomic E-state index is 11.9. The lowest BCUT2D eigenvalue weighted by atomic mass is 10.2. The quantitative estimate of drug-likeness (QED) is 0.656. The third-order valence-corrected chi connectivity index (χ3v) is 4.23. The van der Waals surface area contributed by atoms with Crippen molar-refractivity contribution in [3.05, 3.63) is 52.6 Å². The highest BCUT2D eigenvalue weighted by Crippen LogP contribution is 2.21. The van der Waals surface area contributed by atoms with Gasteiger partial charge >= 0.3 is 0 Å². The van der Waals surface area contributed by atoms with Crippen LogP contribution in [0.2, 0.25) is 10.0 Å². The van der Waals surface area contributed by atoms with Gasteiger partial charge in [0.25, 0.3) is 0 Å². The van der Waals surface area contributed by atoms with Crippen molar-refractivity contribution < 1.29 is 4.79 Å². The van der Waals surface area contributed by atoms with Gasteiger partial charge < -0.3 is 5.32 Å². The molecule has 0 saturated heterocycles. The van der Waals surface area contributed by atoms with E-state index in [0.29, 0.717) is 26.8 Å². The monoisotopic (exact) mass is 379 g/mol. The van der Waals surface area contributed by atoms with Crippen LogP contribution in [-0.2, 0) is 4.79 Å². The molecule has 1 aromatic carbocycles. The van der Waals surface area contributed by atoms with Crippen LogP contribution in [0.4, 0.5) is 5.82 Å². The Morgan fingerprint density at radius 2 is 1.88 bits per heavy atom. The van der Waals surface area contributed by atoms with E-state index in [1.165, 1.54) is 18.0 Å². The summed E-state index contributed by atoms with van der Waals surface area (Å²) in [6.07, 6.45) is 1.47. The predicted octanol–water partition coefficient (Wildman–Crippen LogP) is 3.90. The van der Waals surface area contributed by atoms with Crippen LogP contribution in [0.1, 0.15) is 0 Å². The number of nitrogens with one attached hydrogen (secondary N) is 2. The van der Waals surface area contributed by atoms with E-state index in [0.717, 1.165) is 5.56 Å². The molecule has 24 heavy (non-hydrogen) atoms. The lowest BCUT2D eigenvalue weighted by molar-refractivity contribution is -0.113. The SMILES string of the molecule is O=C(CSc1n[nH]c(-c2ccc(Cl)cc2)n1)Nc1ccc(Cl)cn1. The van der Waals surface area contributed by atoms with Gasteiger partial charge in [-0.2, -0.15) is 0 Å². The lowest BCUT2D eigenvalue weighted by Crippen LogP contribution is -2.14. The Balaban J connectivity index is 1.56. The Kier molecular flexibility index (Phi) is 5.34. The van der Waals surface area contributed by atoms with E-state index >= 15 is 0 Å². The van der Waals surface area contributed by atoms with Gasteiger partial charge in [0.05, 0.1) is 10.8 Å². The highest BCUT2D eigenvalue weighted by Gasteiger charge is 2.09. The second kappa shape index (κ2) is 7.65. The standard InChI is InChI=1S/C15H11Cl2N5OS/c16-10-3-1-9(2-4-10)14-20-15(22-21-14)24-8-13(23)19-12-6-5-11(17)7-18-12/h1-7H,8H2,(H,18,19,23)(H,20,21,22). The Bertz CT molecular complexity index is 836. The largest absolute Gasteiger partial charge is 0.310 e. The lowest BCUT2D eigenvalue weighted by Gasteiger charge is -2.02. The molecule has 0 fully saturated rings. The normalized spacial score (nSPS) is 10.6. The van der Waals surface area contributed by atoms with E-state index in [2.05, 4.69) is 25.5 Å². The number of carbonyl (C=O) groups excluding carboxylic acids is 1. The number of pyridine rings is 1. The zero-order chi connectivity index (χ0) is 16.9. The molecule has 2 heterocycles. The molecule has 0 atom stereocenters. The van der Waals surface area contributed by atoms with Crippen LogP contribution in [-0.4, -0.2) is 31.8 Å². The maximum Gasteiger partial charge on any atom is 0.236 e. The number of hydrogen-bond acceptors (Lipinski definition) is 5. The summed E-state index contributed by atoms with van der Waals surface area (Å²) in [5, 5.41) is 11.2. The van der Waals surface area contributed by atoms with Crippen molar-refractivity contribution in [2.75, 3.05) is 11.1 Å². The number of nitrogens with zero attached hydrogens (tertiary/aromatic N) is 3. The highest BCUT2D eigenvalue weighted by atomic mass is 35.5. The number of aromatic nitrogens is 4. The first-order valence-electron chi connectivity index (χ1n) is 6.83. The van der Waals surface area contributed by atoms with E-state index in [9.17, 15) is 4.79 Å². The Morgan fingerprint density at radius 3 is 2.58 bits per heavy atom. The third kappa shape index (κ3) is 4.47. The third-order valence-electron chi connectivity index (χ3n) is 2.91. The van der Waals surface area contributed by atoms with Crippen molar-refractivity contribution in [2.24, 2.45) is 0 Å². The fourth-order valence-corrected chi connectivity index (χ4v) is 2.64. The van der Waals surface area contributed by atoms with Gasteiger partial charge in [0.1, 0.15) is 5.82 Å². The minimum absolute atomic E-state index is 0.169. The first kappa shape index (κ1) is 16.8. The van der Waals surface area contributed by atoms with Crippen molar-refractivity contribution in [1.82, 2.24) is 20.2 Å². The molecule has 122 valence electrons. The minimum atomic E-state index is -0.201. The van der Waals surface area contributed by atoms with Crippen molar-refractivity contribution in [3.63, 3.8) is 0 Å². The summed E-state index contributed by atoms with van der Waals surface area (Å²) in [6, 6.07) is 10.5. The molecule has 0 spiro atoms. The summed E-state index contributed by atoms with van der Waals surface area (Å²) in [7, 11) is 0. The Hall–Kier alpha value is -2.09. The predicted molar refractivity (Wildman–Crippen MR) is 95.4 cm³/mol. The zero-order valence-electron chi connectivity index (χ0n) is 12.2. The van der Waals surface area contributed by atoms with E-state index < -0.39 is 0 Å². The number of benzene rings is 1. The van der Waals surface area contributed by atoms with Crippen LogP contribution < -0.4 is 5.32 Å². The van der Waals surface area contributed by atoms with E-state index in [-0.39, 0.29) is 11.7 Å². The number of thioether (sulfide) groups is 1. The Labute approximate surface area is 152 Å². The summed E-state index contributed by atoms with van der Waals surface area (Å²) in [4.78, 5) is 20.2. The number of anilines is 1. The van der Waals surface area contributed by atoms with Gasteiger partial charge in [-0.05, 0) is 36.4 Å². The molecular weight excluding hydrogens is 369 g/mol. The van der Waals surface area contributed by atoms with Crippen LogP contribution in [0.3, 0.4) is 0 Å². The second-order valence-electron chi connectivity index (χ2n) is 4.67. The van der Waals surface area contributed by atoms with Gasteiger partial charge in [-0.3, -0.25) is 9.89 Å². The number of amides is 1. The fraction of sp³-hybridized carbons (Fsp3) is 0.0667. The molecule has 2 N–H and O–H groups in total. The van der Waals surface area contributed by atoms with Gasteiger partial charge in [0, 0.05) is 16.8 Å². The van der Waals surface area contributed by atoms with Gasteiger partial charge in [-0.15, -0.1) is 5.10 Å².